The molecule has 0 aromatic carbocycles. The quantitative estimate of drug-likeness (QED) is 0.0727. The van der Waals surface area contributed by atoms with Crippen LogP contribution in [-0.2, 0) is 6.15 Å². The number of rotatable bonds is 20. The molecule has 0 radical (unpaired) electrons. The Balaban J connectivity index is 7.14. The molecule has 2 nitrogen and oxygen atoms in total. The Hall–Kier alpha value is -0.261. The molecule has 37 heavy (non-hydrogen) atoms. The number of alkyl halides is 14. The van der Waals surface area contributed by atoms with Crippen molar-refractivity contribution in [3.8, 4) is 0 Å². The summed E-state index contributed by atoms with van der Waals surface area (Å²) in [6, 6.07) is 0. The molecule has 0 heterocycles. The van der Waals surface area contributed by atoms with Crippen molar-refractivity contribution < 1.29 is 67.6 Å². The summed E-state index contributed by atoms with van der Waals surface area (Å²) in [6.07, 6.45) is 0.320. The Labute approximate surface area is 210 Å². The van der Waals surface area contributed by atoms with Gasteiger partial charge in [0.25, 0.3) is 0 Å². The van der Waals surface area contributed by atoms with Gasteiger partial charge in [0.05, 0.1) is 0 Å². The minimum absolute atomic E-state index is 0.0276. The van der Waals surface area contributed by atoms with Crippen molar-refractivity contribution in [2.24, 2.45) is 0 Å². The number of hydrogen-bond donors (Lipinski definition) is 0. The summed E-state index contributed by atoms with van der Waals surface area (Å²) in [6.45, 7) is -6.77. The average Bonchev–Trinajstić information content (AvgIpc) is 2.81. The van der Waals surface area contributed by atoms with Crippen LogP contribution in [0.2, 0.25) is 0 Å². The van der Waals surface area contributed by atoms with Crippen molar-refractivity contribution >= 4 is 19.2 Å². The fourth-order valence-electron chi connectivity index (χ4n) is 3.13. The van der Waals surface area contributed by atoms with E-state index in [2.05, 4.69) is 6.15 Å². The van der Waals surface area contributed by atoms with Crippen LogP contribution in [0.5, 0.6) is 0 Å². The van der Waals surface area contributed by atoms with Crippen molar-refractivity contribution in [2.45, 2.75) is 96.8 Å². The van der Waals surface area contributed by atoms with Crippen LogP contribution in [0.3, 0.4) is 0 Å². The Morgan fingerprint density at radius 2 is 0.784 bits per heavy atom. The van der Waals surface area contributed by atoms with Gasteiger partial charge in [-0.2, -0.15) is 0 Å². The maximum absolute atomic E-state index is 15.2. The molecule has 0 saturated carbocycles. The fraction of sp³-hybridized carbons (Fsp3) is 1.00. The Morgan fingerprint density at radius 1 is 0.486 bits per heavy atom. The van der Waals surface area contributed by atoms with Gasteiger partial charge in [-0.1, -0.05) is 0 Å². The van der Waals surface area contributed by atoms with E-state index in [1.165, 1.54) is 0 Å². The summed E-state index contributed by atoms with van der Waals surface area (Å²) >= 11 is -9.46. The van der Waals surface area contributed by atoms with Gasteiger partial charge in [0.2, 0.25) is 0 Å². The Morgan fingerprint density at radius 3 is 1.03 bits per heavy atom. The van der Waals surface area contributed by atoms with E-state index in [0.29, 0.717) is 12.8 Å². The third-order valence-electron chi connectivity index (χ3n) is 5.48. The summed E-state index contributed by atoms with van der Waals surface area (Å²) < 4.78 is 192. The van der Waals surface area contributed by atoms with Crippen molar-refractivity contribution in [1.82, 2.24) is 0 Å². The van der Waals surface area contributed by atoms with E-state index in [-0.39, 0.29) is 25.7 Å². The van der Waals surface area contributed by atoms with Gasteiger partial charge in [-0.05, 0) is 0 Å². The van der Waals surface area contributed by atoms with Crippen LogP contribution in [0, 0.1) is 0 Å². The van der Waals surface area contributed by atoms with Crippen LogP contribution in [-0.4, -0.2) is 77.3 Å². The molecule has 0 saturated heterocycles. The monoisotopic (exact) mass is 688 g/mol. The molecule has 0 aliphatic carbocycles. The van der Waals surface area contributed by atoms with Crippen LogP contribution in [0.1, 0.15) is 65.2 Å². The van der Waals surface area contributed by atoms with E-state index in [1.807, 2.05) is 0 Å². The number of halogens is 14. The molecule has 224 valence electrons. The van der Waals surface area contributed by atoms with E-state index in [4.69, 9.17) is 0 Å². The molecule has 0 atom stereocenters. The zero-order valence-electron chi connectivity index (χ0n) is 20.1. The van der Waals surface area contributed by atoms with Gasteiger partial charge in [0.15, 0.2) is 0 Å². The maximum atomic E-state index is 15.2. The van der Waals surface area contributed by atoms with Crippen molar-refractivity contribution in [3.05, 3.63) is 0 Å². The molecule has 0 bridgehead atoms. The van der Waals surface area contributed by atoms with Crippen LogP contribution in [0.25, 0.3) is 0 Å². The summed E-state index contributed by atoms with van der Waals surface area (Å²) in [5, 5.41) is 0. The first-order valence-corrected chi connectivity index (χ1v) is 16.6. The van der Waals surface area contributed by atoms with E-state index in [9.17, 15) is 43.9 Å². The number of unbranched alkanes of at least 4 members (excludes halogenated alkanes) is 6. The number of hydrogen-bond acceptors (Lipinski definition) is 2. The van der Waals surface area contributed by atoms with Gasteiger partial charge >= 0.3 is 210 Å². The summed E-state index contributed by atoms with van der Waals surface area (Å²) in [4.78, 5) is 0. The Bertz CT molecular complexity index is 619. The third-order valence-corrected chi connectivity index (χ3v) is 15.5. The molecule has 0 amide bonds. The molecule has 0 fully saturated rings. The molecular weight excluding hydrogens is 657 g/mol. The molecular formula is C20H30F14O2Sn. The Kier molecular flexibility index (Phi) is 13.8. The van der Waals surface area contributed by atoms with Crippen molar-refractivity contribution in [2.75, 3.05) is 26.6 Å². The molecule has 17 heteroatoms. The predicted molar refractivity (Wildman–Crippen MR) is 108 cm³/mol. The third kappa shape index (κ3) is 7.09. The second-order valence-electron chi connectivity index (χ2n) is 8.41. The van der Waals surface area contributed by atoms with Crippen LogP contribution in [0.15, 0.2) is 0 Å². The van der Waals surface area contributed by atoms with Crippen LogP contribution < -0.4 is 0 Å². The van der Waals surface area contributed by atoms with E-state index < -0.39 is 90.2 Å². The standard InChI is InChI=1S/2C6H13O.2C4H2F7.Sn/c2*1-2-3-4-5-6-7;2*5-1-3(8,9)4(10,11)2(6)7;/h2*2-6H2,1H3;2*1H2;/q2*-1;;;+2. The van der Waals surface area contributed by atoms with Crippen LogP contribution in [0.4, 0.5) is 61.5 Å². The van der Waals surface area contributed by atoms with Gasteiger partial charge in [0.1, 0.15) is 0 Å². The van der Waals surface area contributed by atoms with Gasteiger partial charge in [-0.3, -0.25) is 0 Å². The first-order valence-electron chi connectivity index (χ1n) is 11.4. The molecule has 0 spiro atoms. The summed E-state index contributed by atoms with van der Waals surface area (Å²) in [7, 11) is 0. The van der Waals surface area contributed by atoms with Gasteiger partial charge in [0, 0.05) is 0 Å². The molecule has 0 unspecified atom stereocenters. The predicted octanol–water partition coefficient (Wildman–Crippen LogP) is 8.45. The SMILES string of the molecule is CCCCCC[O][Sn]([O]CCCCCC)([C](F)(F)C(F)(F)C(F)(F)CF)[C](F)(F)C(F)(F)C(F)(F)CF. The molecule has 0 aliphatic heterocycles. The molecule has 0 aliphatic rings. The second-order valence-corrected chi connectivity index (χ2v) is 17.2. The first kappa shape index (κ1) is 36.7. The van der Waals surface area contributed by atoms with Crippen molar-refractivity contribution in [1.29, 1.82) is 0 Å². The topological polar surface area (TPSA) is 18.5 Å². The van der Waals surface area contributed by atoms with Gasteiger partial charge < -0.3 is 0 Å². The van der Waals surface area contributed by atoms with E-state index >= 15 is 17.6 Å². The molecule has 0 aromatic heterocycles. The second kappa shape index (κ2) is 13.9. The minimum atomic E-state index is -9.46. The van der Waals surface area contributed by atoms with E-state index in [1.54, 1.807) is 13.8 Å². The van der Waals surface area contributed by atoms with Crippen LogP contribution >= 0.6 is 0 Å². The summed E-state index contributed by atoms with van der Waals surface area (Å²) in [5.41, 5.74) is 0. The normalized spacial score (nSPS) is 14.9. The van der Waals surface area contributed by atoms with Gasteiger partial charge in [-0.25, -0.2) is 0 Å². The summed E-state index contributed by atoms with van der Waals surface area (Å²) in [5.74, 6) is -27.1. The molecule has 0 aromatic rings. The molecule has 0 rings (SSSR count). The molecule has 0 N–H and O–H groups in total. The van der Waals surface area contributed by atoms with Crippen molar-refractivity contribution in [3.63, 3.8) is 0 Å². The average molecular weight is 687 g/mol. The zero-order chi connectivity index (χ0) is 29.4. The first-order chi connectivity index (χ1) is 16.7. The van der Waals surface area contributed by atoms with Gasteiger partial charge in [-0.15, -0.1) is 0 Å². The zero-order valence-corrected chi connectivity index (χ0v) is 22.9. The fourth-order valence-corrected chi connectivity index (χ4v) is 12.4. The van der Waals surface area contributed by atoms with E-state index in [0.717, 1.165) is 0 Å².